The van der Waals surface area contributed by atoms with Gasteiger partial charge in [0.2, 0.25) is 5.91 Å². The summed E-state index contributed by atoms with van der Waals surface area (Å²) in [5.41, 5.74) is 0. The number of esters is 2. The third-order valence-electron chi connectivity index (χ3n) is 4.35. The normalized spacial score (nSPS) is 18.2. The maximum atomic E-state index is 12.5. The van der Waals surface area contributed by atoms with Crippen LogP contribution >= 0.6 is 0 Å². The fraction of sp³-hybridized carbons (Fsp3) is 0.700. The van der Waals surface area contributed by atoms with Gasteiger partial charge in [0.1, 0.15) is 6.04 Å². The van der Waals surface area contributed by atoms with E-state index in [1.807, 2.05) is 13.8 Å². The van der Waals surface area contributed by atoms with Crippen molar-refractivity contribution in [2.45, 2.75) is 59.0 Å². The number of nitrogens with one attached hydrogen (secondary N) is 3. The molecule has 0 aliphatic carbocycles. The third-order valence-corrected chi connectivity index (χ3v) is 4.35. The summed E-state index contributed by atoms with van der Waals surface area (Å²) >= 11 is 0. The molecular weight excluding hydrogens is 378 g/mol. The highest BCUT2D eigenvalue weighted by atomic mass is 16.5. The lowest BCUT2D eigenvalue weighted by Gasteiger charge is -2.22. The average Bonchev–Trinajstić information content (AvgIpc) is 3.04. The number of ether oxygens (including phenoxy) is 2. The SMILES string of the molecule is CCOC(=O)C=C[C@H](C[C@@H]1CCNC1=O)NC(=O)N[C@@H](CC(C)C)C(=O)OCC. The van der Waals surface area contributed by atoms with E-state index in [2.05, 4.69) is 16.0 Å². The van der Waals surface area contributed by atoms with Gasteiger partial charge in [-0.05, 0) is 39.0 Å². The molecule has 3 atom stereocenters. The number of hydrogen-bond donors (Lipinski definition) is 3. The molecule has 0 spiro atoms. The summed E-state index contributed by atoms with van der Waals surface area (Å²) in [5.74, 6) is -1.19. The van der Waals surface area contributed by atoms with Crippen molar-refractivity contribution >= 4 is 23.9 Å². The molecule has 0 saturated carbocycles. The molecule has 0 unspecified atom stereocenters. The molecule has 29 heavy (non-hydrogen) atoms. The Hall–Kier alpha value is -2.58. The lowest BCUT2D eigenvalue weighted by atomic mass is 9.98. The molecule has 1 aliphatic heterocycles. The molecule has 0 bridgehead atoms. The number of urea groups is 1. The Morgan fingerprint density at radius 2 is 1.86 bits per heavy atom. The molecule has 3 N–H and O–H groups in total. The Balaban J connectivity index is 2.79. The maximum absolute atomic E-state index is 12.5. The van der Waals surface area contributed by atoms with Gasteiger partial charge in [0.15, 0.2) is 0 Å². The topological polar surface area (TPSA) is 123 Å². The first-order valence-corrected chi connectivity index (χ1v) is 10.1. The first-order valence-electron chi connectivity index (χ1n) is 10.1. The second-order valence-electron chi connectivity index (χ2n) is 7.28. The zero-order valence-electron chi connectivity index (χ0n) is 17.7. The summed E-state index contributed by atoms with van der Waals surface area (Å²) in [7, 11) is 0. The van der Waals surface area contributed by atoms with Crippen LogP contribution in [-0.4, -0.2) is 55.7 Å². The standard InChI is InChI=1S/C20H33N3O6/c1-5-28-17(24)8-7-15(12-14-9-10-21-18(14)25)22-20(27)23-16(11-13(3)4)19(26)29-6-2/h7-8,13-16H,5-6,9-12H2,1-4H3,(H,21,25)(H2,22,23,27)/t14-,15+,16-/m0/s1. The average molecular weight is 411 g/mol. The van der Waals surface area contributed by atoms with Crippen molar-refractivity contribution in [3.8, 4) is 0 Å². The van der Waals surface area contributed by atoms with Crippen molar-refractivity contribution in [1.82, 2.24) is 16.0 Å². The van der Waals surface area contributed by atoms with Crippen molar-refractivity contribution in [2.75, 3.05) is 19.8 Å². The van der Waals surface area contributed by atoms with Gasteiger partial charge in [-0.15, -0.1) is 0 Å². The highest BCUT2D eigenvalue weighted by Gasteiger charge is 2.28. The third kappa shape index (κ3) is 9.45. The molecule has 0 aromatic carbocycles. The van der Waals surface area contributed by atoms with Crippen molar-refractivity contribution in [3.63, 3.8) is 0 Å². The summed E-state index contributed by atoms with van der Waals surface area (Å²) in [6, 6.07) is -1.92. The quantitative estimate of drug-likeness (QED) is 0.348. The number of amides is 3. The molecule has 0 radical (unpaired) electrons. The van der Waals surface area contributed by atoms with Crippen LogP contribution in [0.2, 0.25) is 0 Å². The van der Waals surface area contributed by atoms with E-state index in [0.29, 0.717) is 25.8 Å². The van der Waals surface area contributed by atoms with E-state index in [-0.39, 0.29) is 31.0 Å². The fourth-order valence-electron chi connectivity index (χ4n) is 3.04. The molecule has 9 heteroatoms. The lowest BCUT2D eigenvalue weighted by molar-refractivity contribution is -0.145. The van der Waals surface area contributed by atoms with E-state index in [4.69, 9.17) is 9.47 Å². The molecule has 164 valence electrons. The Kier molecular flexibility index (Phi) is 10.8. The van der Waals surface area contributed by atoms with E-state index in [9.17, 15) is 19.2 Å². The zero-order chi connectivity index (χ0) is 21.8. The van der Waals surface area contributed by atoms with Crippen molar-refractivity contribution in [3.05, 3.63) is 12.2 Å². The predicted octanol–water partition coefficient (Wildman–Crippen LogP) is 1.28. The van der Waals surface area contributed by atoms with Crippen molar-refractivity contribution < 1.29 is 28.7 Å². The molecule has 1 rings (SSSR count). The first kappa shape index (κ1) is 24.5. The zero-order valence-corrected chi connectivity index (χ0v) is 17.7. The second-order valence-corrected chi connectivity index (χ2v) is 7.28. The predicted molar refractivity (Wildman–Crippen MR) is 107 cm³/mol. The van der Waals surface area contributed by atoms with Crippen LogP contribution in [0.1, 0.15) is 47.0 Å². The van der Waals surface area contributed by atoms with Crippen LogP contribution < -0.4 is 16.0 Å². The van der Waals surface area contributed by atoms with E-state index in [0.717, 1.165) is 0 Å². The Labute approximate surface area is 172 Å². The monoisotopic (exact) mass is 411 g/mol. The molecule has 1 saturated heterocycles. The smallest absolute Gasteiger partial charge is 0.330 e. The summed E-state index contributed by atoms with van der Waals surface area (Å²) in [6.07, 6.45) is 4.16. The van der Waals surface area contributed by atoms with Gasteiger partial charge in [-0.25, -0.2) is 14.4 Å². The van der Waals surface area contributed by atoms with Crippen LogP contribution in [-0.2, 0) is 23.9 Å². The van der Waals surface area contributed by atoms with E-state index in [1.165, 1.54) is 12.2 Å². The largest absolute Gasteiger partial charge is 0.464 e. The molecule has 1 heterocycles. The van der Waals surface area contributed by atoms with Gasteiger partial charge >= 0.3 is 18.0 Å². The summed E-state index contributed by atoms with van der Waals surface area (Å²) in [4.78, 5) is 48.1. The van der Waals surface area contributed by atoms with Crippen LogP contribution in [0.15, 0.2) is 12.2 Å². The van der Waals surface area contributed by atoms with Crippen LogP contribution in [0.5, 0.6) is 0 Å². The number of carbonyl (C=O) groups is 4. The van der Waals surface area contributed by atoms with Crippen LogP contribution in [0.4, 0.5) is 4.79 Å². The van der Waals surface area contributed by atoms with Gasteiger partial charge < -0.3 is 25.4 Å². The summed E-state index contributed by atoms with van der Waals surface area (Å²) in [6.45, 7) is 8.32. The molecular formula is C20H33N3O6. The maximum Gasteiger partial charge on any atom is 0.330 e. The second kappa shape index (κ2) is 12.8. The fourth-order valence-corrected chi connectivity index (χ4v) is 3.04. The molecule has 1 fully saturated rings. The van der Waals surface area contributed by atoms with Crippen LogP contribution in [0.25, 0.3) is 0 Å². The summed E-state index contributed by atoms with van der Waals surface area (Å²) < 4.78 is 9.89. The Bertz CT molecular complexity index is 605. The van der Waals surface area contributed by atoms with Gasteiger partial charge in [0.25, 0.3) is 0 Å². The molecule has 3 amide bonds. The van der Waals surface area contributed by atoms with E-state index >= 15 is 0 Å². The highest BCUT2D eigenvalue weighted by Crippen LogP contribution is 2.17. The number of hydrogen-bond acceptors (Lipinski definition) is 6. The van der Waals surface area contributed by atoms with Gasteiger partial charge in [0.05, 0.1) is 19.3 Å². The number of rotatable bonds is 11. The molecule has 0 aromatic rings. The van der Waals surface area contributed by atoms with Crippen molar-refractivity contribution in [1.29, 1.82) is 0 Å². The van der Waals surface area contributed by atoms with Gasteiger partial charge in [-0.3, -0.25) is 4.79 Å². The van der Waals surface area contributed by atoms with Gasteiger partial charge in [-0.2, -0.15) is 0 Å². The minimum Gasteiger partial charge on any atom is -0.464 e. The first-order chi connectivity index (χ1) is 13.8. The number of carbonyl (C=O) groups excluding carboxylic acids is 4. The minimum atomic E-state index is -0.778. The van der Waals surface area contributed by atoms with Crippen LogP contribution in [0.3, 0.4) is 0 Å². The van der Waals surface area contributed by atoms with Crippen LogP contribution in [0, 0.1) is 11.8 Å². The molecule has 0 aromatic heterocycles. The molecule has 9 nitrogen and oxygen atoms in total. The van der Waals surface area contributed by atoms with E-state index < -0.39 is 30.1 Å². The Morgan fingerprint density at radius 3 is 2.41 bits per heavy atom. The highest BCUT2D eigenvalue weighted by molar-refractivity contribution is 5.85. The lowest BCUT2D eigenvalue weighted by Crippen LogP contribution is -2.50. The van der Waals surface area contributed by atoms with Gasteiger partial charge in [-0.1, -0.05) is 19.9 Å². The van der Waals surface area contributed by atoms with Crippen molar-refractivity contribution in [2.24, 2.45) is 11.8 Å². The minimum absolute atomic E-state index is 0.0778. The Morgan fingerprint density at radius 1 is 1.17 bits per heavy atom. The summed E-state index contributed by atoms with van der Waals surface area (Å²) in [5, 5.41) is 8.12. The van der Waals surface area contributed by atoms with Gasteiger partial charge in [0, 0.05) is 18.5 Å². The van der Waals surface area contributed by atoms with E-state index in [1.54, 1.807) is 13.8 Å². The molecule has 1 aliphatic rings.